The van der Waals surface area contributed by atoms with Crippen molar-refractivity contribution >= 4 is 34.5 Å². The van der Waals surface area contributed by atoms with Crippen LogP contribution in [0.5, 0.6) is 0 Å². The molecule has 1 fully saturated rings. The van der Waals surface area contributed by atoms with Gasteiger partial charge >= 0.3 is 0 Å². The summed E-state index contributed by atoms with van der Waals surface area (Å²) in [5, 5.41) is 11.0. The van der Waals surface area contributed by atoms with Gasteiger partial charge in [-0.15, -0.1) is 0 Å². The highest BCUT2D eigenvalue weighted by Crippen LogP contribution is 2.28. The van der Waals surface area contributed by atoms with Gasteiger partial charge in [0.1, 0.15) is 0 Å². The molecule has 1 atom stereocenters. The third kappa shape index (κ3) is 6.43. The van der Waals surface area contributed by atoms with E-state index in [4.69, 9.17) is 9.97 Å². The molecule has 0 saturated carbocycles. The first-order valence-electron chi connectivity index (χ1n) is 13.3. The minimum atomic E-state index is -0.0761. The van der Waals surface area contributed by atoms with Crippen molar-refractivity contribution in [2.24, 2.45) is 0 Å². The number of anilines is 3. The Hall–Kier alpha value is -4.25. The summed E-state index contributed by atoms with van der Waals surface area (Å²) in [4.78, 5) is 30.9. The van der Waals surface area contributed by atoms with Crippen LogP contribution in [0.15, 0.2) is 61.2 Å². The van der Waals surface area contributed by atoms with E-state index in [0.29, 0.717) is 30.4 Å². The molecule has 2 N–H and O–H groups in total. The molecule has 11 heteroatoms. The van der Waals surface area contributed by atoms with Crippen LogP contribution in [-0.2, 0) is 11.3 Å². The third-order valence-corrected chi connectivity index (χ3v) is 6.61. The van der Waals surface area contributed by atoms with Gasteiger partial charge < -0.3 is 25.0 Å². The van der Waals surface area contributed by atoms with Crippen LogP contribution in [-0.4, -0.2) is 79.9 Å². The average Bonchev–Trinajstić information content (AvgIpc) is 3.64. The second kappa shape index (κ2) is 11.6. The SMILES string of the molecule is CC(C)n1cnc2c(Nc3cnn(Cc4ccccc4)c3)nc(N3CC[C@H](NC(=O)/C=C/CN(C)C)C3)nc21. The van der Waals surface area contributed by atoms with E-state index in [1.54, 1.807) is 12.3 Å². The summed E-state index contributed by atoms with van der Waals surface area (Å²) in [6, 6.07) is 10.4. The van der Waals surface area contributed by atoms with Crippen LogP contribution in [0.1, 0.15) is 31.9 Å². The standard InChI is InChI=1S/C28H36N10O/c1-20(2)38-19-29-25-26(32-23-15-30-37(18-23)16-21-9-6-5-7-10-21)33-28(34-27(25)38)36-14-12-22(17-36)31-24(39)11-8-13-35(3)4/h5-11,15,18-20,22H,12-14,16-17H2,1-4H3,(H,31,39)(H,32,33,34)/b11-8+/t22-/m0/s1. The number of nitrogens with zero attached hydrogens (tertiary/aromatic N) is 8. The Bertz CT molecular complexity index is 1440. The molecule has 39 heavy (non-hydrogen) atoms. The summed E-state index contributed by atoms with van der Waals surface area (Å²) in [6.45, 7) is 7.01. The molecule has 0 aliphatic carbocycles. The highest BCUT2D eigenvalue weighted by atomic mass is 16.1. The first kappa shape index (κ1) is 26.4. The number of carbonyl (C=O) groups excluding carboxylic acids is 1. The van der Waals surface area contributed by atoms with Crippen LogP contribution >= 0.6 is 0 Å². The number of nitrogens with one attached hydrogen (secondary N) is 2. The van der Waals surface area contributed by atoms with Crippen molar-refractivity contribution in [2.75, 3.05) is 43.9 Å². The number of imidazole rings is 1. The molecular weight excluding hydrogens is 492 g/mol. The zero-order valence-electron chi connectivity index (χ0n) is 22.9. The number of rotatable bonds is 10. The second-order valence-electron chi connectivity index (χ2n) is 10.4. The van der Waals surface area contributed by atoms with E-state index in [0.717, 1.165) is 30.8 Å². The maximum absolute atomic E-state index is 12.4. The first-order chi connectivity index (χ1) is 18.9. The molecule has 11 nitrogen and oxygen atoms in total. The smallest absolute Gasteiger partial charge is 0.243 e. The maximum Gasteiger partial charge on any atom is 0.243 e. The van der Waals surface area contributed by atoms with E-state index >= 15 is 0 Å². The molecule has 0 unspecified atom stereocenters. The Labute approximate surface area is 228 Å². The summed E-state index contributed by atoms with van der Waals surface area (Å²) >= 11 is 0. The Balaban J connectivity index is 1.35. The topological polar surface area (TPSA) is 109 Å². The van der Waals surface area contributed by atoms with Crippen molar-refractivity contribution in [3.8, 4) is 0 Å². The van der Waals surface area contributed by atoms with Gasteiger partial charge in [0.25, 0.3) is 0 Å². The molecule has 3 aromatic heterocycles. The van der Waals surface area contributed by atoms with E-state index in [9.17, 15) is 4.79 Å². The molecule has 1 aliphatic rings. The van der Waals surface area contributed by atoms with Gasteiger partial charge in [0.2, 0.25) is 11.9 Å². The zero-order chi connectivity index (χ0) is 27.4. The zero-order valence-corrected chi connectivity index (χ0v) is 22.9. The molecule has 5 rings (SSSR count). The van der Waals surface area contributed by atoms with Gasteiger partial charge in [-0.1, -0.05) is 36.4 Å². The van der Waals surface area contributed by atoms with Crippen LogP contribution in [0.4, 0.5) is 17.5 Å². The fourth-order valence-electron chi connectivity index (χ4n) is 4.61. The van der Waals surface area contributed by atoms with Crippen molar-refractivity contribution in [3.63, 3.8) is 0 Å². The highest BCUT2D eigenvalue weighted by Gasteiger charge is 2.27. The van der Waals surface area contributed by atoms with E-state index < -0.39 is 0 Å². The number of likely N-dealkylation sites (N-methyl/N-ethyl adjacent to an activating group) is 1. The van der Waals surface area contributed by atoms with Crippen molar-refractivity contribution < 1.29 is 4.79 Å². The number of benzene rings is 1. The Morgan fingerprint density at radius 1 is 1.21 bits per heavy atom. The van der Waals surface area contributed by atoms with E-state index in [2.05, 4.69) is 56.2 Å². The molecule has 4 heterocycles. The number of fused-ring (bicyclic) bond motifs is 1. The van der Waals surface area contributed by atoms with E-state index in [1.165, 1.54) is 5.56 Å². The van der Waals surface area contributed by atoms with Gasteiger partial charge in [-0.2, -0.15) is 15.1 Å². The lowest BCUT2D eigenvalue weighted by Crippen LogP contribution is -2.36. The van der Waals surface area contributed by atoms with Crippen LogP contribution < -0.4 is 15.5 Å². The van der Waals surface area contributed by atoms with E-state index in [-0.39, 0.29) is 18.0 Å². The van der Waals surface area contributed by atoms with Crippen molar-refractivity contribution in [1.82, 2.24) is 39.5 Å². The first-order valence-corrected chi connectivity index (χ1v) is 13.3. The van der Waals surface area contributed by atoms with Gasteiger partial charge in [-0.3, -0.25) is 9.48 Å². The molecule has 0 spiro atoms. The van der Waals surface area contributed by atoms with Crippen LogP contribution in [0.25, 0.3) is 11.2 Å². The number of hydrogen-bond acceptors (Lipinski definition) is 8. The van der Waals surface area contributed by atoms with Gasteiger partial charge in [0.15, 0.2) is 17.0 Å². The number of amides is 1. The van der Waals surface area contributed by atoms with Crippen molar-refractivity contribution in [2.45, 2.75) is 38.9 Å². The van der Waals surface area contributed by atoms with Crippen LogP contribution in [0, 0.1) is 0 Å². The largest absolute Gasteiger partial charge is 0.348 e. The Morgan fingerprint density at radius 3 is 2.79 bits per heavy atom. The monoisotopic (exact) mass is 528 g/mol. The molecule has 1 amide bonds. The minimum absolute atomic E-state index is 0.0310. The lowest BCUT2D eigenvalue weighted by molar-refractivity contribution is -0.117. The Morgan fingerprint density at radius 2 is 2.03 bits per heavy atom. The van der Waals surface area contributed by atoms with Crippen LogP contribution in [0.2, 0.25) is 0 Å². The lowest BCUT2D eigenvalue weighted by Gasteiger charge is -2.18. The maximum atomic E-state index is 12.4. The molecule has 1 aromatic carbocycles. The van der Waals surface area contributed by atoms with Gasteiger partial charge in [-0.25, -0.2) is 4.98 Å². The summed E-state index contributed by atoms with van der Waals surface area (Å²) in [5.74, 6) is 1.17. The predicted octanol–water partition coefficient (Wildman–Crippen LogP) is 3.21. The number of hydrogen-bond donors (Lipinski definition) is 2. The lowest BCUT2D eigenvalue weighted by atomic mass is 10.2. The molecule has 0 bridgehead atoms. The van der Waals surface area contributed by atoms with Crippen molar-refractivity contribution in [3.05, 3.63) is 66.8 Å². The quantitative estimate of drug-likeness (QED) is 0.302. The summed E-state index contributed by atoms with van der Waals surface area (Å²) in [5.41, 5.74) is 3.48. The van der Waals surface area contributed by atoms with Gasteiger partial charge in [0, 0.05) is 44.0 Å². The van der Waals surface area contributed by atoms with Crippen LogP contribution in [0.3, 0.4) is 0 Å². The normalized spacial score (nSPS) is 15.7. The summed E-state index contributed by atoms with van der Waals surface area (Å²) in [7, 11) is 3.94. The molecule has 1 aliphatic heterocycles. The minimum Gasteiger partial charge on any atom is -0.348 e. The molecule has 204 valence electrons. The Kier molecular flexibility index (Phi) is 7.87. The molecular formula is C28H36N10O. The third-order valence-electron chi connectivity index (χ3n) is 6.61. The average molecular weight is 529 g/mol. The second-order valence-corrected chi connectivity index (χ2v) is 10.4. The fourth-order valence-corrected chi connectivity index (χ4v) is 4.61. The van der Waals surface area contributed by atoms with E-state index in [1.807, 2.05) is 60.5 Å². The number of aromatic nitrogens is 6. The fraction of sp³-hybridized carbons (Fsp3) is 0.393. The van der Waals surface area contributed by atoms with Crippen molar-refractivity contribution in [1.29, 1.82) is 0 Å². The number of carbonyl (C=O) groups is 1. The molecule has 4 aromatic rings. The summed E-state index contributed by atoms with van der Waals surface area (Å²) < 4.78 is 3.94. The van der Waals surface area contributed by atoms with Gasteiger partial charge in [0.05, 0.1) is 24.8 Å². The predicted molar refractivity (Wildman–Crippen MR) is 153 cm³/mol. The highest BCUT2D eigenvalue weighted by molar-refractivity contribution is 5.88. The van der Waals surface area contributed by atoms with Gasteiger partial charge in [-0.05, 0) is 39.9 Å². The summed E-state index contributed by atoms with van der Waals surface area (Å²) in [6.07, 6.45) is 9.86. The molecule has 1 saturated heterocycles. The molecule has 0 radical (unpaired) electrons.